The second kappa shape index (κ2) is 21.4. The summed E-state index contributed by atoms with van der Waals surface area (Å²) in [6.45, 7) is 14.9. The molecule has 296 valence electrons. The molecule has 53 heavy (non-hydrogen) atoms. The quantitative estimate of drug-likeness (QED) is 0.124. The predicted molar refractivity (Wildman–Crippen MR) is 225 cm³/mol. The molecule has 0 radical (unpaired) electrons. The van der Waals surface area contributed by atoms with Crippen LogP contribution < -0.4 is 5.73 Å². The molecule has 1 atom stereocenters. The fraction of sp³-hybridized carbons (Fsp3) is 0.522. The molecule has 2 fully saturated rings. The second-order valence-corrected chi connectivity index (χ2v) is 20.5. The summed E-state index contributed by atoms with van der Waals surface area (Å²) in [7, 11) is -4.08. The molecule has 2 N–H and O–H groups in total. The number of hydrogen-bond donors (Lipinski definition) is 1. The van der Waals surface area contributed by atoms with Crippen molar-refractivity contribution in [2.45, 2.75) is 129 Å². The minimum absolute atomic E-state index is 0. The minimum atomic E-state index is -3.92. The second-order valence-electron chi connectivity index (χ2n) is 16.1. The molecule has 0 amide bonds. The topological polar surface area (TPSA) is 83.2 Å². The maximum atomic E-state index is 9.08. The monoisotopic (exact) mass is 848 g/mol. The molecule has 0 spiro atoms. The van der Waals surface area contributed by atoms with E-state index in [1.165, 1.54) is 75.3 Å². The van der Waals surface area contributed by atoms with Crippen LogP contribution in [0.2, 0.25) is 0 Å². The molecule has 4 aliphatic carbocycles. The SMILES string of the molecule is CC(C)C1=CC(C(C)C)=C(c2ccccc2)C(C(C)C)(P(C2CCCCC2)C2CCCCC2)[CH-]1.CS(=O)(=O)[O-].N[C-]1CC=CC=C1c1ccccc1.[Pd]. The Hall–Kier alpha value is -1.90. The van der Waals surface area contributed by atoms with Gasteiger partial charge in [-0.15, -0.1) is 49.4 Å². The molecule has 0 heterocycles. The third kappa shape index (κ3) is 12.6. The van der Waals surface area contributed by atoms with Gasteiger partial charge in [0.05, 0.1) is 10.1 Å². The Balaban J connectivity index is 0.000000327. The van der Waals surface area contributed by atoms with E-state index in [0.717, 1.165) is 29.4 Å². The smallest absolute Gasteiger partial charge is 0.0916 e. The summed E-state index contributed by atoms with van der Waals surface area (Å²) < 4.78 is 27.2. The van der Waals surface area contributed by atoms with Gasteiger partial charge in [0.2, 0.25) is 0 Å². The van der Waals surface area contributed by atoms with Gasteiger partial charge in [0.25, 0.3) is 0 Å². The van der Waals surface area contributed by atoms with Crippen molar-refractivity contribution in [3.63, 3.8) is 0 Å². The minimum Gasteiger partial charge on any atom is -0.748 e. The number of hydrogen-bond acceptors (Lipinski definition) is 4. The van der Waals surface area contributed by atoms with Crippen LogP contribution in [0.3, 0.4) is 0 Å². The Kier molecular flexibility index (Phi) is 18.4. The van der Waals surface area contributed by atoms with Crippen LogP contribution in [0.25, 0.3) is 11.1 Å². The Labute approximate surface area is 338 Å². The molecular weight excluding hydrogens is 784 g/mol. The zero-order chi connectivity index (χ0) is 37.9. The molecule has 0 bridgehead atoms. The van der Waals surface area contributed by atoms with Crippen molar-refractivity contribution in [2.75, 3.05) is 6.26 Å². The normalized spacial score (nSPS) is 21.3. The van der Waals surface area contributed by atoms with Gasteiger partial charge in [0.1, 0.15) is 0 Å². The summed E-state index contributed by atoms with van der Waals surface area (Å²) >= 11 is 0. The van der Waals surface area contributed by atoms with Crippen molar-refractivity contribution in [3.05, 3.63) is 120 Å². The van der Waals surface area contributed by atoms with E-state index in [-0.39, 0.29) is 33.5 Å². The van der Waals surface area contributed by atoms with Gasteiger partial charge in [-0.3, -0.25) is 0 Å². The van der Waals surface area contributed by atoms with Gasteiger partial charge < -0.3 is 10.3 Å². The maximum Gasteiger partial charge on any atom is 0.0916 e. The van der Waals surface area contributed by atoms with E-state index in [2.05, 4.69) is 115 Å². The number of allylic oxidation sites excluding steroid dienone is 6. The zero-order valence-corrected chi connectivity index (χ0v) is 36.6. The van der Waals surface area contributed by atoms with Gasteiger partial charge in [-0.1, -0.05) is 140 Å². The van der Waals surface area contributed by atoms with Crippen molar-refractivity contribution in [2.24, 2.45) is 23.5 Å². The molecule has 6 rings (SSSR count). The van der Waals surface area contributed by atoms with E-state index in [1.807, 2.05) is 18.2 Å². The zero-order valence-electron chi connectivity index (χ0n) is 33.3. The van der Waals surface area contributed by atoms with Crippen LogP contribution in [0.4, 0.5) is 0 Å². The summed E-state index contributed by atoms with van der Waals surface area (Å²) in [5.74, 6) is 1.75. The molecular formula is C46H65NO3PPdS-3. The van der Waals surface area contributed by atoms with Crippen molar-refractivity contribution in [1.29, 1.82) is 0 Å². The predicted octanol–water partition coefficient (Wildman–Crippen LogP) is 12.1. The third-order valence-electron chi connectivity index (χ3n) is 11.2. The van der Waals surface area contributed by atoms with E-state index >= 15 is 0 Å². The molecule has 0 aromatic heterocycles. The van der Waals surface area contributed by atoms with Gasteiger partial charge in [-0.2, -0.15) is 11.6 Å². The third-order valence-corrected chi connectivity index (χ3v) is 15.5. The van der Waals surface area contributed by atoms with Crippen LogP contribution in [0.5, 0.6) is 0 Å². The van der Waals surface area contributed by atoms with Crippen molar-refractivity contribution < 1.29 is 33.4 Å². The Bertz CT molecular complexity index is 1610. The Morgan fingerprint density at radius 1 is 0.792 bits per heavy atom. The van der Waals surface area contributed by atoms with Crippen LogP contribution in [0, 0.1) is 30.2 Å². The summed E-state index contributed by atoms with van der Waals surface area (Å²) in [6.07, 6.45) is 27.8. The van der Waals surface area contributed by atoms with Crippen LogP contribution in [0.15, 0.2) is 96.1 Å². The average molecular weight is 849 g/mol. The average Bonchev–Trinajstić information content (AvgIpc) is 3.12. The van der Waals surface area contributed by atoms with E-state index in [1.54, 1.807) is 16.7 Å². The first kappa shape index (κ1) is 45.5. The van der Waals surface area contributed by atoms with E-state index in [0.29, 0.717) is 24.0 Å². The van der Waals surface area contributed by atoms with Gasteiger partial charge in [-0.25, -0.2) is 26.5 Å². The molecule has 1 unspecified atom stereocenters. The standard InChI is InChI=1S/C33H50P.C12H12N.CH4O3S.Pd/c1-24(2)28-22-31(25(3)4)32(27-16-10-7-11-17-27)33(23-28,26(5)6)34(29-18-12-8-13-19-29)30-20-14-9-15-21-30;13-12-9-5-4-8-11(12)10-6-2-1-3-7-10;1-5(2,3)4;/h7,10-11,16-17,22-26,29-30H,8-9,12-15,18-21H2,1-6H3;1-8H,9,13H2;1H3,(H,2,3,4);/q2*-1;;/p-1. The summed E-state index contributed by atoms with van der Waals surface area (Å²) in [5, 5.41) is 0.189. The van der Waals surface area contributed by atoms with E-state index < -0.39 is 10.1 Å². The Morgan fingerprint density at radius 3 is 1.68 bits per heavy atom. The fourth-order valence-electron chi connectivity index (χ4n) is 8.70. The van der Waals surface area contributed by atoms with Gasteiger partial charge >= 0.3 is 0 Å². The van der Waals surface area contributed by atoms with Crippen LogP contribution in [-0.4, -0.2) is 35.7 Å². The summed E-state index contributed by atoms with van der Waals surface area (Å²) in [6, 6.07) is 22.8. The van der Waals surface area contributed by atoms with Crippen LogP contribution in [-0.2, 0) is 30.5 Å². The molecule has 2 aromatic carbocycles. The Morgan fingerprint density at radius 2 is 1.26 bits per heavy atom. The molecule has 2 saturated carbocycles. The summed E-state index contributed by atoms with van der Waals surface area (Å²) in [5.41, 5.74) is 16.6. The van der Waals surface area contributed by atoms with Gasteiger partial charge in [-0.05, 0) is 66.0 Å². The summed E-state index contributed by atoms with van der Waals surface area (Å²) in [4.78, 5) is 0. The number of rotatable bonds is 8. The first-order chi connectivity index (χ1) is 24.7. The van der Waals surface area contributed by atoms with Crippen molar-refractivity contribution >= 4 is 29.2 Å². The first-order valence-electron chi connectivity index (χ1n) is 19.8. The number of nitrogens with two attached hydrogens (primary N) is 1. The van der Waals surface area contributed by atoms with E-state index in [9.17, 15) is 0 Å². The van der Waals surface area contributed by atoms with Gasteiger partial charge in [0, 0.05) is 26.7 Å². The molecule has 7 heteroatoms. The molecule has 0 saturated heterocycles. The largest absolute Gasteiger partial charge is 0.748 e. The van der Waals surface area contributed by atoms with Crippen LogP contribution in [0.1, 0.15) is 123 Å². The van der Waals surface area contributed by atoms with E-state index in [4.69, 9.17) is 18.7 Å². The van der Waals surface area contributed by atoms with Crippen molar-refractivity contribution in [3.8, 4) is 0 Å². The molecule has 0 aliphatic heterocycles. The number of benzene rings is 2. The van der Waals surface area contributed by atoms with Crippen LogP contribution >= 0.6 is 7.92 Å². The molecule has 4 aliphatic rings. The van der Waals surface area contributed by atoms with Crippen molar-refractivity contribution in [1.82, 2.24) is 0 Å². The maximum absolute atomic E-state index is 9.08. The fourth-order valence-corrected chi connectivity index (χ4v) is 13.8. The van der Waals surface area contributed by atoms with Gasteiger partial charge in [0.15, 0.2) is 0 Å². The molecule has 4 nitrogen and oxygen atoms in total. The molecule has 2 aromatic rings. The first-order valence-corrected chi connectivity index (χ1v) is 23.1.